The number of thiazole rings is 1. The molecule has 1 heterocycles. The molecule has 0 spiro atoms. The fraction of sp³-hybridized carbons (Fsp3) is 0.238. The van der Waals surface area contributed by atoms with Gasteiger partial charge in [0.1, 0.15) is 11.5 Å². The molecule has 0 aliphatic rings. The quantitative estimate of drug-likeness (QED) is 0.535. The zero-order chi connectivity index (χ0) is 20.1. The first-order valence-corrected chi connectivity index (χ1v) is 10.5. The Morgan fingerprint density at radius 3 is 2.57 bits per heavy atom. The van der Waals surface area contributed by atoms with Crippen molar-refractivity contribution in [1.29, 1.82) is 0 Å². The van der Waals surface area contributed by atoms with Gasteiger partial charge in [0.05, 0.1) is 25.2 Å². The van der Waals surface area contributed by atoms with Gasteiger partial charge in [-0.3, -0.25) is 4.79 Å². The SMILES string of the molecule is COc1ccc(OC)c(-c2csc(NC(=O)[C@H](C)Sc3ccc(C)cc3)n2)c1. The normalized spacial score (nSPS) is 11.7. The number of amides is 1. The van der Waals surface area contributed by atoms with Crippen molar-refractivity contribution in [3.8, 4) is 22.8 Å². The number of aryl methyl sites for hydroxylation is 1. The summed E-state index contributed by atoms with van der Waals surface area (Å²) in [5.74, 6) is 1.34. The first-order chi connectivity index (χ1) is 13.5. The summed E-state index contributed by atoms with van der Waals surface area (Å²) in [6, 6.07) is 13.7. The maximum atomic E-state index is 12.5. The predicted molar refractivity (Wildman–Crippen MR) is 116 cm³/mol. The van der Waals surface area contributed by atoms with Crippen LogP contribution in [0.4, 0.5) is 5.13 Å². The van der Waals surface area contributed by atoms with Crippen LogP contribution in [0, 0.1) is 6.92 Å². The van der Waals surface area contributed by atoms with Crippen LogP contribution in [0.25, 0.3) is 11.3 Å². The van der Waals surface area contributed by atoms with E-state index in [2.05, 4.69) is 10.3 Å². The lowest BCUT2D eigenvalue weighted by molar-refractivity contribution is -0.115. The van der Waals surface area contributed by atoms with Gasteiger partial charge < -0.3 is 14.8 Å². The van der Waals surface area contributed by atoms with E-state index in [4.69, 9.17) is 9.47 Å². The lowest BCUT2D eigenvalue weighted by Crippen LogP contribution is -2.22. The summed E-state index contributed by atoms with van der Waals surface area (Å²) in [4.78, 5) is 18.2. The van der Waals surface area contributed by atoms with Crippen molar-refractivity contribution in [2.24, 2.45) is 0 Å². The van der Waals surface area contributed by atoms with Gasteiger partial charge in [0.2, 0.25) is 5.91 Å². The van der Waals surface area contributed by atoms with Gasteiger partial charge in [0.25, 0.3) is 0 Å². The van der Waals surface area contributed by atoms with Crippen molar-refractivity contribution in [2.45, 2.75) is 24.0 Å². The van der Waals surface area contributed by atoms with Crippen LogP contribution in [0.5, 0.6) is 11.5 Å². The molecule has 0 aliphatic carbocycles. The lowest BCUT2D eigenvalue weighted by atomic mass is 10.1. The lowest BCUT2D eigenvalue weighted by Gasteiger charge is -2.11. The van der Waals surface area contributed by atoms with Crippen LogP contribution in [0.15, 0.2) is 52.7 Å². The molecule has 0 fully saturated rings. The number of carbonyl (C=O) groups is 1. The molecule has 1 amide bonds. The smallest absolute Gasteiger partial charge is 0.239 e. The molecule has 146 valence electrons. The molecular formula is C21H22N2O3S2. The standard InChI is InChI=1S/C21H22N2O3S2/c1-13-5-8-16(9-6-13)28-14(2)20(24)23-21-22-18(12-27-21)17-11-15(25-3)7-10-19(17)26-4/h5-12,14H,1-4H3,(H,22,23,24)/t14-/m0/s1. The van der Waals surface area contributed by atoms with Crippen LogP contribution < -0.4 is 14.8 Å². The van der Waals surface area contributed by atoms with Gasteiger partial charge in [-0.05, 0) is 44.2 Å². The van der Waals surface area contributed by atoms with Gasteiger partial charge in [0.15, 0.2) is 5.13 Å². The first kappa shape index (κ1) is 20.2. The third-order valence-electron chi connectivity index (χ3n) is 4.12. The van der Waals surface area contributed by atoms with Crippen molar-refractivity contribution in [3.05, 3.63) is 53.4 Å². The number of hydrogen-bond acceptors (Lipinski definition) is 6. The number of benzene rings is 2. The predicted octanol–water partition coefficient (Wildman–Crippen LogP) is 5.26. The molecule has 3 rings (SSSR count). The number of aromatic nitrogens is 1. The van der Waals surface area contributed by atoms with E-state index in [0.717, 1.165) is 21.9 Å². The van der Waals surface area contributed by atoms with E-state index in [9.17, 15) is 4.79 Å². The number of nitrogens with one attached hydrogen (secondary N) is 1. The van der Waals surface area contributed by atoms with Gasteiger partial charge in [-0.1, -0.05) is 17.7 Å². The topological polar surface area (TPSA) is 60.5 Å². The highest BCUT2D eigenvalue weighted by Gasteiger charge is 2.17. The fourth-order valence-corrected chi connectivity index (χ4v) is 4.13. The minimum absolute atomic E-state index is 0.0796. The molecule has 7 heteroatoms. The number of carbonyl (C=O) groups excluding carboxylic acids is 1. The molecule has 0 unspecified atom stereocenters. The summed E-state index contributed by atoms with van der Waals surface area (Å²) in [6.45, 7) is 3.93. The molecule has 1 atom stereocenters. The van der Waals surface area contributed by atoms with Crippen LogP contribution in [-0.4, -0.2) is 30.4 Å². The molecule has 0 aliphatic heterocycles. The van der Waals surface area contributed by atoms with Gasteiger partial charge >= 0.3 is 0 Å². The zero-order valence-corrected chi connectivity index (χ0v) is 17.8. The number of rotatable bonds is 7. The summed E-state index contributed by atoms with van der Waals surface area (Å²) in [7, 11) is 3.23. The van der Waals surface area contributed by atoms with Crippen molar-refractivity contribution < 1.29 is 14.3 Å². The highest BCUT2D eigenvalue weighted by molar-refractivity contribution is 8.00. The number of anilines is 1. The third kappa shape index (κ3) is 4.85. The molecular weight excluding hydrogens is 392 g/mol. The van der Waals surface area contributed by atoms with Gasteiger partial charge in [-0.15, -0.1) is 23.1 Å². The second kappa shape index (κ2) is 9.12. The number of methoxy groups -OCH3 is 2. The molecule has 0 radical (unpaired) electrons. The van der Waals surface area contributed by atoms with E-state index in [0.29, 0.717) is 10.9 Å². The Bertz CT molecular complexity index is 955. The van der Waals surface area contributed by atoms with E-state index in [1.807, 2.05) is 61.7 Å². The minimum atomic E-state index is -0.235. The molecule has 0 saturated heterocycles. The van der Waals surface area contributed by atoms with Gasteiger partial charge in [-0.25, -0.2) is 4.98 Å². The fourth-order valence-electron chi connectivity index (χ4n) is 2.55. The number of thioether (sulfide) groups is 1. The Kier molecular flexibility index (Phi) is 6.59. The Labute approximate surface area is 173 Å². The van der Waals surface area contributed by atoms with Gasteiger partial charge in [-0.2, -0.15) is 0 Å². The summed E-state index contributed by atoms with van der Waals surface area (Å²) >= 11 is 2.90. The number of ether oxygens (including phenoxy) is 2. The molecule has 0 bridgehead atoms. The molecule has 2 aromatic carbocycles. The highest BCUT2D eigenvalue weighted by atomic mass is 32.2. The summed E-state index contributed by atoms with van der Waals surface area (Å²) in [5, 5.41) is 5.12. The molecule has 3 aromatic rings. The Balaban J connectivity index is 1.70. The maximum Gasteiger partial charge on any atom is 0.239 e. The number of hydrogen-bond donors (Lipinski definition) is 1. The van der Waals surface area contributed by atoms with Crippen molar-refractivity contribution in [2.75, 3.05) is 19.5 Å². The van der Waals surface area contributed by atoms with Crippen molar-refractivity contribution in [1.82, 2.24) is 4.98 Å². The van der Waals surface area contributed by atoms with E-state index in [-0.39, 0.29) is 11.2 Å². The molecule has 5 nitrogen and oxygen atoms in total. The Hall–Kier alpha value is -2.51. The van der Waals surface area contributed by atoms with Gasteiger partial charge in [0, 0.05) is 15.8 Å². The van der Waals surface area contributed by atoms with Crippen LogP contribution in [-0.2, 0) is 4.79 Å². The summed E-state index contributed by atoms with van der Waals surface area (Å²) in [6.07, 6.45) is 0. The van der Waals surface area contributed by atoms with E-state index in [1.165, 1.54) is 28.7 Å². The molecule has 1 N–H and O–H groups in total. The summed E-state index contributed by atoms with van der Waals surface area (Å²) in [5.41, 5.74) is 2.75. The summed E-state index contributed by atoms with van der Waals surface area (Å²) < 4.78 is 10.7. The zero-order valence-electron chi connectivity index (χ0n) is 16.2. The molecule has 28 heavy (non-hydrogen) atoms. The second-order valence-electron chi connectivity index (χ2n) is 6.17. The largest absolute Gasteiger partial charge is 0.497 e. The average molecular weight is 415 g/mol. The minimum Gasteiger partial charge on any atom is -0.497 e. The Morgan fingerprint density at radius 1 is 1.14 bits per heavy atom. The third-order valence-corrected chi connectivity index (χ3v) is 5.99. The van der Waals surface area contributed by atoms with Crippen molar-refractivity contribution in [3.63, 3.8) is 0 Å². The van der Waals surface area contributed by atoms with Crippen molar-refractivity contribution >= 4 is 34.1 Å². The van der Waals surface area contributed by atoms with E-state index < -0.39 is 0 Å². The molecule has 1 aromatic heterocycles. The molecule has 0 saturated carbocycles. The van der Waals surface area contributed by atoms with Crippen LogP contribution in [0.2, 0.25) is 0 Å². The second-order valence-corrected chi connectivity index (χ2v) is 8.44. The average Bonchev–Trinajstić information content (AvgIpc) is 3.17. The number of nitrogens with zero attached hydrogens (tertiary/aromatic N) is 1. The monoisotopic (exact) mass is 414 g/mol. The Morgan fingerprint density at radius 2 is 1.89 bits per heavy atom. The van der Waals surface area contributed by atoms with Crippen LogP contribution in [0.1, 0.15) is 12.5 Å². The maximum absolute atomic E-state index is 12.5. The van der Waals surface area contributed by atoms with Crippen LogP contribution >= 0.6 is 23.1 Å². The van der Waals surface area contributed by atoms with E-state index in [1.54, 1.807) is 14.2 Å². The van der Waals surface area contributed by atoms with E-state index >= 15 is 0 Å². The van der Waals surface area contributed by atoms with Crippen LogP contribution in [0.3, 0.4) is 0 Å². The first-order valence-electron chi connectivity index (χ1n) is 8.72. The highest BCUT2D eigenvalue weighted by Crippen LogP contribution is 2.35.